The summed E-state index contributed by atoms with van der Waals surface area (Å²) in [6.45, 7) is 1.10. The highest BCUT2D eigenvalue weighted by atomic mass is 32.2. The zero-order valence-corrected chi connectivity index (χ0v) is 9.56. The molecule has 0 radical (unpaired) electrons. The fourth-order valence-electron chi connectivity index (χ4n) is 2.44. The lowest BCUT2D eigenvalue weighted by Crippen LogP contribution is -2.44. The van der Waals surface area contributed by atoms with Gasteiger partial charge >= 0.3 is 0 Å². The van der Waals surface area contributed by atoms with Gasteiger partial charge in [0.2, 0.25) is 0 Å². The summed E-state index contributed by atoms with van der Waals surface area (Å²) in [4.78, 5) is 0. The van der Waals surface area contributed by atoms with Crippen LogP contribution in [0.2, 0.25) is 0 Å². The van der Waals surface area contributed by atoms with Crippen molar-refractivity contribution in [1.29, 1.82) is 0 Å². The summed E-state index contributed by atoms with van der Waals surface area (Å²) in [6, 6.07) is 0.380. The molecule has 2 rings (SSSR count). The summed E-state index contributed by atoms with van der Waals surface area (Å²) >= 11 is 2.09. The monoisotopic (exact) mass is 215 g/mol. The molecule has 0 spiro atoms. The first-order valence-electron chi connectivity index (χ1n) is 5.89. The van der Waals surface area contributed by atoms with Crippen LogP contribution >= 0.6 is 11.8 Å². The number of hydrogen-bond donors (Lipinski definition) is 2. The number of aliphatic hydroxyl groups excluding tert-OH is 1. The standard InChI is InChI=1S/C11H21NOS/c13-11-6-2-1-5-10(11)12-8-9-4-3-7-14-9/h9-13H,1-8H2. The molecule has 0 aromatic carbocycles. The van der Waals surface area contributed by atoms with Crippen LogP contribution in [0.3, 0.4) is 0 Å². The Labute approximate surface area is 90.8 Å². The molecule has 0 aromatic rings. The van der Waals surface area contributed by atoms with E-state index in [0.29, 0.717) is 6.04 Å². The maximum atomic E-state index is 9.77. The Kier molecular flexibility index (Phi) is 4.14. The molecule has 2 aliphatic rings. The second-order valence-electron chi connectivity index (χ2n) is 4.50. The quantitative estimate of drug-likeness (QED) is 0.752. The molecule has 3 heteroatoms. The van der Waals surface area contributed by atoms with E-state index in [1.165, 1.54) is 37.9 Å². The predicted molar refractivity (Wildman–Crippen MR) is 61.7 cm³/mol. The predicted octanol–water partition coefficient (Wildman–Crippen LogP) is 1.78. The molecular weight excluding hydrogens is 194 g/mol. The Morgan fingerprint density at radius 2 is 2.00 bits per heavy atom. The molecular formula is C11H21NOS. The maximum absolute atomic E-state index is 9.77. The number of thioether (sulfide) groups is 1. The molecule has 3 atom stereocenters. The van der Waals surface area contributed by atoms with Gasteiger partial charge in [-0.15, -0.1) is 0 Å². The molecule has 0 amide bonds. The topological polar surface area (TPSA) is 32.3 Å². The van der Waals surface area contributed by atoms with Crippen molar-refractivity contribution in [3.63, 3.8) is 0 Å². The molecule has 82 valence electrons. The molecule has 3 unspecified atom stereocenters. The average Bonchev–Trinajstić information content (AvgIpc) is 2.69. The van der Waals surface area contributed by atoms with E-state index < -0.39 is 0 Å². The SMILES string of the molecule is OC1CCCCC1NCC1CCCS1. The minimum absolute atomic E-state index is 0.0878. The van der Waals surface area contributed by atoms with Crippen LogP contribution < -0.4 is 5.32 Å². The lowest BCUT2D eigenvalue weighted by atomic mass is 9.92. The largest absolute Gasteiger partial charge is 0.392 e. The summed E-state index contributed by atoms with van der Waals surface area (Å²) in [7, 11) is 0. The molecule has 1 saturated heterocycles. The Hall–Kier alpha value is 0.270. The first kappa shape index (κ1) is 10.8. The third-order valence-corrected chi connectivity index (χ3v) is 4.76. The van der Waals surface area contributed by atoms with Crippen molar-refractivity contribution in [1.82, 2.24) is 5.32 Å². The Balaban J connectivity index is 1.67. The minimum Gasteiger partial charge on any atom is -0.392 e. The van der Waals surface area contributed by atoms with Crippen LogP contribution in [0.1, 0.15) is 38.5 Å². The van der Waals surface area contributed by atoms with Gasteiger partial charge in [0.05, 0.1) is 6.10 Å². The van der Waals surface area contributed by atoms with E-state index in [9.17, 15) is 5.11 Å². The van der Waals surface area contributed by atoms with Crippen LogP contribution in [0.15, 0.2) is 0 Å². The summed E-state index contributed by atoms with van der Waals surface area (Å²) in [5.74, 6) is 1.33. The van der Waals surface area contributed by atoms with Gasteiger partial charge in [0.1, 0.15) is 0 Å². The van der Waals surface area contributed by atoms with Gasteiger partial charge < -0.3 is 10.4 Å². The molecule has 0 bridgehead atoms. The molecule has 1 heterocycles. The van der Waals surface area contributed by atoms with Gasteiger partial charge in [-0.3, -0.25) is 0 Å². The fourth-order valence-corrected chi connectivity index (χ4v) is 3.65. The van der Waals surface area contributed by atoms with Gasteiger partial charge in [-0.05, 0) is 31.4 Å². The second-order valence-corrected chi connectivity index (χ2v) is 5.91. The number of aliphatic hydroxyl groups is 1. The zero-order valence-electron chi connectivity index (χ0n) is 8.74. The van der Waals surface area contributed by atoms with E-state index in [1.54, 1.807) is 0 Å². The van der Waals surface area contributed by atoms with Crippen molar-refractivity contribution in [3.8, 4) is 0 Å². The first-order valence-corrected chi connectivity index (χ1v) is 6.94. The third kappa shape index (κ3) is 2.88. The zero-order chi connectivity index (χ0) is 9.80. The molecule has 2 N–H and O–H groups in total. The summed E-state index contributed by atoms with van der Waals surface area (Å²) in [5, 5.41) is 14.1. The fraction of sp³-hybridized carbons (Fsp3) is 1.00. The third-order valence-electron chi connectivity index (χ3n) is 3.36. The van der Waals surface area contributed by atoms with Crippen molar-refractivity contribution < 1.29 is 5.11 Å². The summed E-state index contributed by atoms with van der Waals surface area (Å²) in [6.07, 6.45) is 7.30. The average molecular weight is 215 g/mol. The van der Waals surface area contributed by atoms with E-state index in [2.05, 4.69) is 17.1 Å². The molecule has 14 heavy (non-hydrogen) atoms. The minimum atomic E-state index is -0.0878. The number of nitrogens with one attached hydrogen (secondary N) is 1. The van der Waals surface area contributed by atoms with E-state index >= 15 is 0 Å². The Morgan fingerprint density at radius 3 is 2.71 bits per heavy atom. The van der Waals surface area contributed by atoms with E-state index in [-0.39, 0.29) is 6.10 Å². The molecule has 1 saturated carbocycles. The molecule has 2 nitrogen and oxygen atoms in total. The van der Waals surface area contributed by atoms with Gasteiger partial charge in [0.15, 0.2) is 0 Å². The lowest BCUT2D eigenvalue weighted by Gasteiger charge is -2.29. The molecule has 1 aliphatic carbocycles. The van der Waals surface area contributed by atoms with Crippen LogP contribution in [-0.2, 0) is 0 Å². The van der Waals surface area contributed by atoms with Crippen molar-refractivity contribution in [3.05, 3.63) is 0 Å². The highest BCUT2D eigenvalue weighted by Crippen LogP contribution is 2.26. The van der Waals surface area contributed by atoms with Crippen molar-refractivity contribution in [2.45, 2.75) is 55.9 Å². The number of hydrogen-bond acceptors (Lipinski definition) is 3. The molecule has 0 aromatic heterocycles. The van der Waals surface area contributed by atoms with Crippen LogP contribution in [0.25, 0.3) is 0 Å². The van der Waals surface area contributed by atoms with Crippen LogP contribution in [0, 0.1) is 0 Å². The van der Waals surface area contributed by atoms with E-state index in [1.807, 2.05) is 0 Å². The maximum Gasteiger partial charge on any atom is 0.0693 e. The second kappa shape index (κ2) is 5.38. The lowest BCUT2D eigenvalue weighted by molar-refractivity contribution is 0.0913. The van der Waals surface area contributed by atoms with Gasteiger partial charge in [0, 0.05) is 17.8 Å². The summed E-state index contributed by atoms with van der Waals surface area (Å²) < 4.78 is 0. The Morgan fingerprint density at radius 1 is 1.14 bits per heavy atom. The van der Waals surface area contributed by atoms with Crippen LogP contribution in [-0.4, -0.2) is 34.8 Å². The smallest absolute Gasteiger partial charge is 0.0693 e. The van der Waals surface area contributed by atoms with E-state index in [0.717, 1.165) is 18.2 Å². The van der Waals surface area contributed by atoms with E-state index in [4.69, 9.17) is 0 Å². The highest BCUT2D eigenvalue weighted by Gasteiger charge is 2.24. The first-order chi connectivity index (χ1) is 6.86. The number of rotatable bonds is 3. The molecule has 2 fully saturated rings. The Bertz CT molecular complexity index is 171. The summed E-state index contributed by atoms with van der Waals surface area (Å²) in [5.41, 5.74) is 0. The normalized spacial score (nSPS) is 38.8. The van der Waals surface area contributed by atoms with Gasteiger partial charge in [-0.1, -0.05) is 12.8 Å². The van der Waals surface area contributed by atoms with Crippen molar-refractivity contribution in [2.75, 3.05) is 12.3 Å². The highest BCUT2D eigenvalue weighted by molar-refractivity contribution is 8.00. The van der Waals surface area contributed by atoms with Crippen LogP contribution in [0.5, 0.6) is 0 Å². The van der Waals surface area contributed by atoms with Crippen molar-refractivity contribution in [2.24, 2.45) is 0 Å². The van der Waals surface area contributed by atoms with Gasteiger partial charge in [-0.25, -0.2) is 0 Å². The van der Waals surface area contributed by atoms with Crippen molar-refractivity contribution >= 4 is 11.8 Å². The van der Waals surface area contributed by atoms with Crippen LogP contribution in [0.4, 0.5) is 0 Å². The van der Waals surface area contributed by atoms with Gasteiger partial charge in [0.25, 0.3) is 0 Å². The van der Waals surface area contributed by atoms with Gasteiger partial charge in [-0.2, -0.15) is 11.8 Å². The molecule has 1 aliphatic heterocycles.